The zero-order valence-corrected chi connectivity index (χ0v) is 46.2. The summed E-state index contributed by atoms with van der Waals surface area (Å²) < 4.78 is 22.9. The summed E-state index contributed by atoms with van der Waals surface area (Å²) in [5.41, 5.74) is 0. The highest BCUT2D eigenvalue weighted by Gasteiger charge is 2.25. The van der Waals surface area contributed by atoms with Crippen LogP contribution in [0.5, 0.6) is 0 Å². The van der Waals surface area contributed by atoms with Crippen LogP contribution in [0.3, 0.4) is 0 Å². The summed E-state index contributed by atoms with van der Waals surface area (Å²) in [6.07, 6.45) is 62.9. The highest BCUT2D eigenvalue weighted by Crippen LogP contribution is 2.16. The van der Waals surface area contributed by atoms with Crippen LogP contribution in [-0.4, -0.2) is 87.4 Å². The fraction of sp³-hybridized carbons (Fsp3) is 0.787. The smallest absolute Gasteiger partial charge is 0.361 e. The number of carboxylic acids is 1. The number of carbonyl (C=O) groups is 3. The summed E-state index contributed by atoms with van der Waals surface area (Å²) in [4.78, 5) is 37.4. The van der Waals surface area contributed by atoms with E-state index >= 15 is 0 Å². The van der Waals surface area contributed by atoms with Gasteiger partial charge in [-0.25, -0.2) is 4.79 Å². The number of allylic oxidation sites excluding steroid dienone is 10. The van der Waals surface area contributed by atoms with Crippen LogP contribution < -0.4 is 0 Å². The standard InChI is InChI=1S/C61H109NO8/c1-6-8-10-12-14-16-18-20-22-24-26-27-28-29-30-31-32-33-34-36-38-40-42-44-46-48-50-52-59(64)70-57(56-69-61(60(65)66)67-54-53-62(3,4)5)55-68-58(63)51-49-47-45-43-41-39-37-35-25-23-21-19-17-15-13-11-9-7-2/h8,10,14,16,20,22-23,25-27,57,61H,6-7,9,11-13,15,17-19,21,24,28-56H2,1-5H3/p+1/b10-8-,16-14-,22-20-,25-23-,27-26-. The first-order valence-electron chi connectivity index (χ1n) is 29.0. The fourth-order valence-corrected chi connectivity index (χ4v) is 8.06. The van der Waals surface area contributed by atoms with Gasteiger partial charge in [0.25, 0.3) is 6.29 Å². The van der Waals surface area contributed by atoms with E-state index in [9.17, 15) is 19.5 Å². The molecule has 0 fully saturated rings. The number of rotatable bonds is 53. The molecule has 0 aromatic heterocycles. The lowest BCUT2D eigenvalue weighted by atomic mass is 10.0. The number of ether oxygens (including phenoxy) is 4. The average Bonchev–Trinajstić information content (AvgIpc) is 3.33. The van der Waals surface area contributed by atoms with Crippen LogP contribution >= 0.6 is 0 Å². The first-order valence-corrected chi connectivity index (χ1v) is 29.0. The molecule has 0 heterocycles. The lowest BCUT2D eigenvalue weighted by Crippen LogP contribution is -2.40. The number of quaternary nitrogens is 1. The number of esters is 2. The molecule has 0 aromatic rings. The molecule has 0 aliphatic rings. The van der Waals surface area contributed by atoms with Gasteiger partial charge in [0.2, 0.25) is 0 Å². The molecule has 0 amide bonds. The van der Waals surface area contributed by atoms with Gasteiger partial charge in [0.05, 0.1) is 34.4 Å². The molecule has 70 heavy (non-hydrogen) atoms. The lowest BCUT2D eigenvalue weighted by molar-refractivity contribution is -0.870. The van der Waals surface area contributed by atoms with Crippen LogP contribution in [0.15, 0.2) is 60.8 Å². The molecule has 2 unspecified atom stereocenters. The summed E-state index contributed by atoms with van der Waals surface area (Å²) >= 11 is 0. The summed E-state index contributed by atoms with van der Waals surface area (Å²) in [5.74, 6) is -2.00. The van der Waals surface area contributed by atoms with E-state index in [1.807, 2.05) is 21.1 Å². The third kappa shape index (κ3) is 52.8. The molecule has 9 nitrogen and oxygen atoms in total. The summed E-state index contributed by atoms with van der Waals surface area (Å²) in [6.45, 7) is 4.78. The molecule has 0 saturated carbocycles. The van der Waals surface area contributed by atoms with Crippen molar-refractivity contribution in [3.05, 3.63) is 60.8 Å². The minimum absolute atomic E-state index is 0.184. The van der Waals surface area contributed by atoms with Crippen molar-refractivity contribution in [1.29, 1.82) is 0 Å². The topological polar surface area (TPSA) is 108 Å². The third-order valence-electron chi connectivity index (χ3n) is 12.5. The van der Waals surface area contributed by atoms with Crippen LogP contribution in [0.4, 0.5) is 0 Å². The van der Waals surface area contributed by atoms with Gasteiger partial charge in [0, 0.05) is 12.8 Å². The predicted molar refractivity (Wildman–Crippen MR) is 295 cm³/mol. The average molecular weight is 986 g/mol. The maximum Gasteiger partial charge on any atom is 0.361 e. The molecule has 9 heteroatoms. The first kappa shape index (κ1) is 67.0. The highest BCUT2D eigenvalue weighted by molar-refractivity contribution is 5.71. The molecule has 0 aliphatic carbocycles. The summed E-state index contributed by atoms with van der Waals surface area (Å²) in [7, 11) is 5.97. The van der Waals surface area contributed by atoms with Crippen molar-refractivity contribution in [1.82, 2.24) is 0 Å². The number of hydrogen-bond acceptors (Lipinski definition) is 7. The van der Waals surface area contributed by atoms with Crippen molar-refractivity contribution in [3.8, 4) is 0 Å². The monoisotopic (exact) mass is 985 g/mol. The van der Waals surface area contributed by atoms with Gasteiger partial charge in [-0.05, 0) is 77.0 Å². The number of carbonyl (C=O) groups excluding carboxylic acids is 2. The van der Waals surface area contributed by atoms with E-state index in [-0.39, 0.29) is 32.2 Å². The molecule has 0 aromatic carbocycles. The maximum absolute atomic E-state index is 12.9. The van der Waals surface area contributed by atoms with Gasteiger partial charge in [0.15, 0.2) is 6.10 Å². The minimum atomic E-state index is -1.51. The van der Waals surface area contributed by atoms with E-state index in [1.54, 1.807) is 0 Å². The number of nitrogens with zero attached hydrogens (tertiary/aromatic N) is 1. The van der Waals surface area contributed by atoms with E-state index < -0.39 is 24.3 Å². The SMILES string of the molecule is CC/C=C\C/C=C\C/C=C\C/C=C\CCCCCCCCCCCCCCCCC(=O)OC(COC(=O)CCCCCCCCC/C=C\CCCCCCCCC)COC(OCC[N+](C)(C)C)C(=O)O. The van der Waals surface area contributed by atoms with Crippen LogP contribution in [0.1, 0.15) is 251 Å². The largest absolute Gasteiger partial charge is 0.477 e. The third-order valence-corrected chi connectivity index (χ3v) is 12.5. The molecule has 2 atom stereocenters. The Hall–Kier alpha value is -3.01. The Balaban J connectivity index is 4.22. The van der Waals surface area contributed by atoms with Crippen LogP contribution in [0.25, 0.3) is 0 Å². The van der Waals surface area contributed by atoms with Gasteiger partial charge in [0.1, 0.15) is 13.2 Å². The Bertz CT molecular complexity index is 1330. The normalized spacial score (nSPS) is 13.2. The van der Waals surface area contributed by atoms with Gasteiger partial charge in [-0.15, -0.1) is 0 Å². The van der Waals surface area contributed by atoms with Crippen molar-refractivity contribution in [2.24, 2.45) is 0 Å². The molecule has 406 valence electrons. The van der Waals surface area contributed by atoms with E-state index in [1.165, 1.54) is 161 Å². The van der Waals surface area contributed by atoms with Gasteiger partial charge >= 0.3 is 17.9 Å². The van der Waals surface area contributed by atoms with E-state index in [4.69, 9.17) is 18.9 Å². The summed E-state index contributed by atoms with van der Waals surface area (Å²) in [6, 6.07) is 0. The van der Waals surface area contributed by atoms with Gasteiger partial charge < -0.3 is 28.5 Å². The van der Waals surface area contributed by atoms with Crippen molar-refractivity contribution in [3.63, 3.8) is 0 Å². The predicted octanol–water partition coefficient (Wildman–Crippen LogP) is 16.8. The van der Waals surface area contributed by atoms with Crippen molar-refractivity contribution in [2.45, 2.75) is 264 Å². The number of hydrogen-bond donors (Lipinski definition) is 1. The zero-order chi connectivity index (χ0) is 51.3. The Kier molecular flexibility index (Phi) is 50.1. The minimum Gasteiger partial charge on any atom is -0.477 e. The molecular weight excluding hydrogens is 875 g/mol. The summed E-state index contributed by atoms with van der Waals surface area (Å²) in [5, 5.41) is 9.70. The highest BCUT2D eigenvalue weighted by atomic mass is 16.7. The number of carboxylic acid groups (broad SMARTS) is 1. The second-order valence-corrected chi connectivity index (χ2v) is 20.6. The zero-order valence-electron chi connectivity index (χ0n) is 46.2. The van der Waals surface area contributed by atoms with Crippen LogP contribution in [0.2, 0.25) is 0 Å². The number of unbranched alkanes of at least 4 members (excludes halogenated alkanes) is 28. The Morgan fingerprint density at radius 1 is 0.443 bits per heavy atom. The molecule has 0 spiro atoms. The first-order chi connectivity index (χ1) is 34.1. The van der Waals surface area contributed by atoms with E-state index in [0.717, 1.165) is 64.2 Å². The van der Waals surface area contributed by atoms with E-state index in [0.29, 0.717) is 17.4 Å². The van der Waals surface area contributed by atoms with Crippen molar-refractivity contribution in [2.75, 3.05) is 47.5 Å². The van der Waals surface area contributed by atoms with Crippen LogP contribution in [0, 0.1) is 0 Å². The second-order valence-electron chi connectivity index (χ2n) is 20.6. The lowest BCUT2D eigenvalue weighted by Gasteiger charge is -2.25. The van der Waals surface area contributed by atoms with Gasteiger partial charge in [-0.2, -0.15) is 0 Å². The van der Waals surface area contributed by atoms with Gasteiger partial charge in [-0.3, -0.25) is 9.59 Å². The second kappa shape index (κ2) is 52.3. The molecule has 0 aliphatic heterocycles. The fourth-order valence-electron chi connectivity index (χ4n) is 8.06. The number of aliphatic carboxylic acids is 1. The molecule has 0 rings (SSSR count). The van der Waals surface area contributed by atoms with Crippen molar-refractivity contribution >= 4 is 17.9 Å². The van der Waals surface area contributed by atoms with Gasteiger partial charge in [-0.1, -0.05) is 222 Å². The Labute approximate surface area is 431 Å². The molecule has 1 N–H and O–H groups in total. The maximum atomic E-state index is 12.9. The van der Waals surface area contributed by atoms with Crippen molar-refractivity contribution < 1.29 is 42.9 Å². The molecule has 0 saturated heterocycles. The Morgan fingerprint density at radius 3 is 1.23 bits per heavy atom. The molecular formula is C61H110NO8+. The molecule has 0 radical (unpaired) electrons. The van der Waals surface area contributed by atoms with E-state index in [2.05, 4.69) is 74.6 Å². The molecule has 0 bridgehead atoms. The quantitative estimate of drug-likeness (QED) is 0.0211. The Morgan fingerprint density at radius 2 is 0.814 bits per heavy atom. The van der Waals surface area contributed by atoms with Crippen LogP contribution in [-0.2, 0) is 33.3 Å². The number of likely N-dealkylation sites (N-methyl/N-ethyl adjacent to an activating group) is 1.